The molecule has 0 aliphatic heterocycles. The minimum atomic E-state index is -1.03. The van der Waals surface area contributed by atoms with Crippen molar-refractivity contribution in [2.45, 2.75) is 38.1 Å². The number of hydrogen-bond acceptors (Lipinski definition) is 8. The van der Waals surface area contributed by atoms with Crippen LogP contribution < -0.4 is 25.5 Å². The standard InChI is InChI=1S/C32H29ClN4O6S/c1-42-25-17-19(15-16-24(25)43-32(41)28-27(33)22-12-6-8-14-26(22)44-28)18-34-37-31(40)30(39)36-23-13-7-5-11-21(23)29(38)35-20-9-3-2-4-10-20/h5-8,11-18,20H,2-4,9-10H2,1H3,(H,35,38)(H,36,39)(H,37,40)/b34-18+. The van der Waals surface area contributed by atoms with Gasteiger partial charge in [0.15, 0.2) is 11.5 Å². The van der Waals surface area contributed by atoms with Crippen molar-refractivity contribution in [3.63, 3.8) is 0 Å². The second-order valence-corrected chi connectivity index (χ2v) is 11.5. The van der Waals surface area contributed by atoms with Gasteiger partial charge in [-0.1, -0.05) is 61.2 Å². The molecule has 12 heteroatoms. The topological polar surface area (TPSA) is 135 Å². The second-order valence-electron chi connectivity index (χ2n) is 10.0. The van der Waals surface area contributed by atoms with E-state index in [0.29, 0.717) is 10.6 Å². The number of rotatable bonds is 8. The summed E-state index contributed by atoms with van der Waals surface area (Å²) in [4.78, 5) is 51.0. The van der Waals surface area contributed by atoms with E-state index in [2.05, 4.69) is 21.2 Å². The van der Waals surface area contributed by atoms with Crippen LogP contribution in [-0.4, -0.2) is 43.1 Å². The molecule has 44 heavy (non-hydrogen) atoms. The highest BCUT2D eigenvalue weighted by Gasteiger charge is 2.22. The molecule has 1 fully saturated rings. The fourth-order valence-electron chi connectivity index (χ4n) is 4.84. The summed E-state index contributed by atoms with van der Waals surface area (Å²) < 4.78 is 11.8. The van der Waals surface area contributed by atoms with Gasteiger partial charge >= 0.3 is 17.8 Å². The van der Waals surface area contributed by atoms with Crippen LogP contribution in [0.15, 0.2) is 71.8 Å². The maximum absolute atomic E-state index is 12.9. The van der Waals surface area contributed by atoms with Gasteiger partial charge in [0.05, 0.1) is 29.6 Å². The number of nitrogens with one attached hydrogen (secondary N) is 3. The van der Waals surface area contributed by atoms with Crippen molar-refractivity contribution < 1.29 is 28.7 Å². The fourth-order valence-corrected chi connectivity index (χ4v) is 6.22. The third kappa shape index (κ3) is 7.24. The third-order valence-corrected chi connectivity index (χ3v) is 8.71. The number of fused-ring (bicyclic) bond motifs is 1. The van der Waals surface area contributed by atoms with Crippen LogP contribution in [0.25, 0.3) is 10.1 Å². The number of para-hydroxylation sites is 1. The summed E-state index contributed by atoms with van der Waals surface area (Å²) >= 11 is 7.64. The maximum Gasteiger partial charge on any atom is 0.355 e. The highest BCUT2D eigenvalue weighted by atomic mass is 35.5. The number of amides is 3. The number of thiophene rings is 1. The van der Waals surface area contributed by atoms with Gasteiger partial charge in [0, 0.05) is 16.1 Å². The molecule has 10 nitrogen and oxygen atoms in total. The number of ether oxygens (including phenoxy) is 2. The molecule has 3 amide bonds. The Morgan fingerprint density at radius 2 is 1.68 bits per heavy atom. The van der Waals surface area contributed by atoms with Gasteiger partial charge < -0.3 is 20.1 Å². The number of hydrogen-bond donors (Lipinski definition) is 3. The van der Waals surface area contributed by atoms with Crippen LogP contribution in [0.3, 0.4) is 0 Å². The maximum atomic E-state index is 12.9. The number of esters is 1. The molecule has 1 aliphatic rings. The molecule has 0 saturated heterocycles. The fraction of sp³-hybridized carbons (Fsp3) is 0.219. The Hall–Kier alpha value is -4.74. The zero-order valence-corrected chi connectivity index (χ0v) is 25.3. The van der Waals surface area contributed by atoms with Gasteiger partial charge in [-0.05, 0) is 54.8 Å². The summed E-state index contributed by atoms with van der Waals surface area (Å²) in [6.45, 7) is 0. The number of anilines is 1. The number of halogens is 1. The Bertz CT molecular complexity index is 1750. The number of hydrazone groups is 1. The molecule has 226 valence electrons. The molecule has 3 aromatic carbocycles. The molecule has 0 spiro atoms. The van der Waals surface area contributed by atoms with E-state index >= 15 is 0 Å². The smallest absolute Gasteiger partial charge is 0.355 e. The lowest BCUT2D eigenvalue weighted by Gasteiger charge is -2.23. The van der Waals surface area contributed by atoms with E-state index in [9.17, 15) is 19.2 Å². The van der Waals surface area contributed by atoms with Gasteiger partial charge in [-0.25, -0.2) is 10.2 Å². The van der Waals surface area contributed by atoms with Crippen molar-refractivity contribution in [3.05, 3.63) is 87.8 Å². The summed E-state index contributed by atoms with van der Waals surface area (Å²) in [7, 11) is 1.42. The lowest BCUT2D eigenvalue weighted by atomic mass is 9.95. The third-order valence-electron chi connectivity index (χ3n) is 7.06. The first-order valence-corrected chi connectivity index (χ1v) is 15.1. The van der Waals surface area contributed by atoms with Crippen molar-refractivity contribution >= 4 is 68.6 Å². The molecule has 5 rings (SSSR count). The molecular formula is C32H29ClN4O6S. The number of carbonyl (C=O) groups excluding carboxylic acids is 4. The SMILES string of the molecule is COc1cc(/C=N/NC(=O)C(=O)Nc2ccccc2C(=O)NC2CCCCC2)ccc1OC(=O)c1sc2ccccc2c1Cl. The quantitative estimate of drug-likeness (QED) is 0.0724. The predicted molar refractivity (Wildman–Crippen MR) is 170 cm³/mol. The van der Waals surface area contributed by atoms with Crippen molar-refractivity contribution in [2.24, 2.45) is 5.10 Å². The van der Waals surface area contributed by atoms with Gasteiger partial charge in [0.1, 0.15) is 4.88 Å². The normalized spacial score (nSPS) is 13.4. The Kier molecular flexibility index (Phi) is 9.88. The Balaban J connectivity index is 1.18. The first-order valence-electron chi connectivity index (χ1n) is 14.0. The van der Waals surface area contributed by atoms with Crippen molar-refractivity contribution in [3.8, 4) is 11.5 Å². The molecule has 1 saturated carbocycles. The zero-order chi connectivity index (χ0) is 31.1. The molecular weight excluding hydrogens is 604 g/mol. The number of carbonyl (C=O) groups is 4. The van der Waals surface area contributed by atoms with Crippen LogP contribution in [0, 0.1) is 0 Å². The van der Waals surface area contributed by atoms with Crippen LogP contribution in [0.2, 0.25) is 5.02 Å². The monoisotopic (exact) mass is 632 g/mol. The van der Waals surface area contributed by atoms with Gasteiger partial charge in [0.2, 0.25) is 0 Å². The molecule has 4 aromatic rings. The molecule has 1 aliphatic carbocycles. The number of nitrogens with zero attached hydrogens (tertiary/aromatic N) is 1. The van der Waals surface area contributed by atoms with Crippen molar-refractivity contribution in [1.82, 2.24) is 10.7 Å². The van der Waals surface area contributed by atoms with E-state index in [1.165, 1.54) is 30.7 Å². The predicted octanol–water partition coefficient (Wildman–Crippen LogP) is 5.93. The summed E-state index contributed by atoms with van der Waals surface area (Å²) in [6, 6.07) is 18.7. The van der Waals surface area contributed by atoms with E-state index in [-0.39, 0.29) is 39.6 Å². The van der Waals surface area contributed by atoms with E-state index < -0.39 is 17.8 Å². The summed E-state index contributed by atoms with van der Waals surface area (Å²) in [5.74, 6) is -2.53. The number of benzene rings is 3. The first-order chi connectivity index (χ1) is 21.3. The largest absolute Gasteiger partial charge is 0.493 e. The molecule has 0 unspecified atom stereocenters. The van der Waals surface area contributed by atoms with Crippen molar-refractivity contribution in [2.75, 3.05) is 12.4 Å². The highest BCUT2D eigenvalue weighted by Crippen LogP contribution is 2.37. The number of methoxy groups -OCH3 is 1. The van der Waals surface area contributed by atoms with E-state index in [0.717, 1.165) is 42.2 Å². The lowest BCUT2D eigenvalue weighted by molar-refractivity contribution is -0.136. The summed E-state index contributed by atoms with van der Waals surface area (Å²) in [5, 5.41) is 10.4. The molecule has 1 aromatic heterocycles. The zero-order valence-electron chi connectivity index (χ0n) is 23.7. The second kappa shape index (κ2) is 14.2. The molecule has 3 N–H and O–H groups in total. The molecule has 0 atom stereocenters. The molecule has 0 bridgehead atoms. The van der Waals surface area contributed by atoms with E-state index in [4.69, 9.17) is 21.1 Å². The highest BCUT2D eigenvalue weighted by molar-refractivity contribution is 7.21. The Morgan fingerprint density at radius 3 is 2.45 bits per heavy atom. The van der Waals surface area contributed by atoms with Gasteiger partial charge in [-0.15, -0.1) is 11.3 Å². The lowest BCUT2D eigenvalue weighted by Crippen LogP contribution is -2.37. The van der Waals surface area contributed by atoms with Crippen molar-refractivity contribution in [1.29, 1.82) is 0 Å². The van der Waals surface area contributed by atoms with Gasteiger partial charge in [-0.3, -0.25) is 14.4 Å². The van der Waals surface area contributed by atoms with Crippen LogP contribution in [-0.2, 0) is 9.59 Å². The minimum Gasteiger partial charge on any atom is -0.493 e. The van der Waals surface area contributed by atoms with Crippen LogP contribution in [0.4, 0.5) is 5.69 Å². The van der Waals surface area contributed by atoms with E-state index in [1.807, 2.05) is 24.3 Å². The average molecular weight is 633 g/mol. The summed E-state index contributed by atoms with van der Waals surface area (Å²) in [5.41, 5.74) is 3.15. The Morgan fingerprint density at radius 1 is 0.932 bits per heavy atom. The molecule has 0 radical (unpaired) electrons. The Labute approximate surface area is 262 Å². The molecule has 1 heterocycles. The van der Waals surface area contributed by atoms with Crippen LogP contribution in [0.5, 0.6) is 11.5 Å². The van der Waals surface area contributed by atoms with E-state index in [1.54, 1.807) is 36.4 Å². The van der Waals surface area contributed by atoms with Gasteiger partial charge in [0.25, 0.3) is 5.91 Å². The van der Waals surface area contributed by atoms with Crippen LogP contribution >= 0.6 is 22.9 Å². The average Bonchev–Trinajstić information content (AvgIpc) is 3.38. The minimum absolute atomic E-state index is 0.0948. The summed E-state index contributed by atoms with van der Waals surface area (Å²) in [6.07, 6.45) is 6.43. The van der Waals surface area contributed by atoms with Crippen LogP contribution in [0.1, 0.15) is 57.7 Å². The first kappa shape index (κ1) is 30.7. The van der Waals surface area contributed by atoms with Gasteiger partial charge in [-0.2, -0.15) is 5.10 Å².